The molecule has 140 valence electrons. The third-order valence-corrected chi connectivity index (χ3v) is 5.44. The summed E-state index contributed by atoms with van der Waals surface area (Å²) >= 11 is 0. The van der Waals surface area contributed by atoms with E-state index in [1.54, 1.807) is 0 Å². The molecule has 3 unspecified atom stereocenters. The molecule has 1 aromatic heterocycles. The molecule has 2 aliphatic heterocycles. The third-order valence-electron chi connectivity index (χ3n) is 5.44. The normalized spacial score (nSPS) is 24.6. The summed E-state index contributed by atoms with van der Waals surface area (Å²) in [7, 11) is 0. The van der Waals surface area contributed by atoms with Gasteiger partial charge in [0.1, 0.15) is 5.82 Å². The lowest BCUT2D eigenvalue weighted by Crippen LogP contribution is -2.38. The van der Waals surface area contributed by atoms with Crippen LogP contribution in [0.2, 0.25) is 0 Å². The quantitative estimate of drug-likeness (QED) is 0.759. The zero-order valence-electron chi connectivity index (χ0n) is 15.0. The molecule has 1 aromatic carbocycles. The number of nitrogens with one attached hydrogen (secondary N) is 2. The molecule has 3 atom stereocenters. The van der Waals surface area contributed by atoms with Crippen molar-refractivity contribution in [1.29, 1.82) is 0 Å². The highest BCUT2D eigenvalue weighted by Gasteiger charge is 2.31. The summed E-state index contributed by atoms with van der Waals surface area (Å²) in [5, 5.41) is 14.6. The van der Waals surface area contributed by atoms with Crippen molar-refractivity contribution >= 4 is 0 Å². The Balaban J connectivity index is 1.43. The molecular formula is C19H26FN5O. The van der Waals surface area contributed by atoms with E-state index in [4.69, 9.17) is 0 Å². The molecule has 26 heavy (non-hydrogen) atoms. The van der Waals surface area contributed by atoms with Crippen molar-refractivity contribution in [2.24, 2.45) is 5.92 Å². The fraction of sp³-hybridized carbons (Fsp3) is 0.526. The van der Waals surface area contributed by atoms with Crippen molar-refractivity contribution in [1.82, 2.24) is 25.5 Å². The fourth-order valence-corrected chi connectivity index (χ4v) is 3.93. The molecule has 0 bridgehead atoms. The monoisotopic (exact) mass is 359 g/mol. The number of aliphatic hydroxyl groups is 1. The van der Waals surface area contributed by atoms with E-state index in [1.165, 1.54) is 12.1 Å². The van der Waals surface area contributed by atoms with Gasteiger partial charge in [-0.25, -0.2) is 9.82 Å². The molecule has 2 aliphatic rings. The minimum Gasteiger partial charge on any atom is -0.387 e. The Kier molecular flexibility index (Phi) is 5.04. The first kappa shape index (κ1) is 17.6. The van der Waals surface area contributed by atoms with Crippen molar-refractivity contribution in [3.8, 4) is 0 Å². The average molecular weight is 359 g/mol. The highest BCUT2D eigenvalue weighted by molar-refractivity contribution is 5.22. The third kappa shape index (κ3) is 3.53. The van der Waals surface area contributed by atoms with Gasteiger partial charge < -0.3 is 5.11 Å². The van der Waals surface area contributed by atoms with Gasteiger partial charge in [0.25, 0.3) is 0 Å². The maximum Gasteiger partial charge on any atom is 0.123 e. The summed E-state index contributed by atoms with van der Waals surface area (Å²) in [5.41, 5.74) is 9.62. The van der Waals surface area contributed by atoms with E-state index in [1.807, 2.05) is 29.8 Å². The molecular weight excluding hydrogens is 333 g/mol. The number of hydrazine groups is 1. The second-order valence-corrected chi connectivity index (χ2v) is 7.26. The molecule has 1 saturated heterocycles. The van der Waals surface area contributed by atoms with Crippen LogP contribution in [-0.4, -0.2) is 39.4 Å². The lowest BCUT2D eigenvalue weighted by molar-refractivity contribution is 0.165. The van der Waals surface area contributed by atoms with Crippen LogP contribution < -0.4 is 10.9 Å². The van der Waals surface area contributed by atoms with Gasteiger partial charge in [0.15, 0.2) is 0 Å². The first-order valence-corrected chi connectivity index (χ1v) is 9.35. The predicted molar refractivity (Wildman–Crippen MR) is 96.5 cm³/mol. The topological polar surface area (TPSA) is 65.3 Å². The zero-order chi connectivity index (χ0) is 18.1. The van der Waals surface area contributed by atoms with E-state index < -0.39 is 6.10 Å². The maximum absolute atomic E-state index is 13.2. The Morgan fingerprint density at radius 3 is 2.88 bits per heavy atom. The van der Waals surface area contributed by atoms with Gasteiger partial charge in [0, 0.05) is 32.1 Å². The smallest absolute Gasteiger partial charge is 0.123 e. The first-order valence-electron chi connectivity index (χ1n) is 9.35. The van der Waals surface area contributed by atoms with Crippen LogP contribution in [0.4, 0.5) is 4.39 Å². The van der Waals surface area contributed by atoms with Crippen LogP contribution in [0.15, 0.2) is 30.3 Å². The molecule has 0 spiro atoms. The second-order valence-electron chi connectivity index (χ2n) is 7.26. The summed E-state index contributed by atoms with van der Waals surface area (Å²) in [6, 6.07) is 8.97. The van der Waals surface area contributed by atoms with Gasteiger partial charge in [-0.1, -0.05) is 19.1 Å². The Morgan fingerprint density at radius 2 is 2.12 bits per heavy atom. The molecule has 4 rings (SSSR count). The standard InChI is InChI=1S/C19H26FN5O/c1-2-18(26)17-9-16-12-24(7-8-25(16)23-17)11-14-10-21-22-19(14)13-3-5-15(20)6-4-13/h3-6,9,14,18-19,21-22,26H,2,7-8,10-12H2,1H3. The highest BCUT2D eigenvalue weighted by Crippen LogP contribution is 2.27. The van der Waals surface area contributed by atoms with E-state index in [9.17, 15) is 9.50 Å². The number of hydrogen-bond acceptors (Lipinski definition) is 5. The fourth-order valence-electron chi connectivity index (χ4n) is 3.93. The van der Waals surface area contributed by atoms with Crippen molar-refractivity contribution < 1.29 is 9.50 Å². The van der Waals surface area contributed by atoms with Crippen molar-refractivity contribution in [2.75, 3.05) is 19.6 Å². The van der Waals surface area contributed by atoms with E-state index in [0.717, 1.165) is 49.7 Å². The second kappa shape index (κ2) is 7.44. The van der Waals surface area contributed by atoms with Gasteiger partial charge in [-0.2, -0.15) is 5.10 Å². The first-order chi connectivity index (χ1) is 12.6. The molecule has 2 aromatic rings. The minimum atomic E-state index is -0.479. The Bertz CT molecular complexity index is 747. The summed E-state index contributed by atoms with van der Waals surface area (Å²) < 4.78 is 15.2. The molecule has 7 heteroatoms. The van der Waals surface area contributed by atoms with E-state index in [2.05, 4.69) is 20.9 Å². The highest BCUT2D eigenvalue weighted by atomic mass is 19.1. The number of nitrogens with zero attached hydrogens (tertiary/aromatic N) is 3. The minimum absolute atomic E-state index is 0.180. The summed E-state index contributed by atoms with van der Waals surface area (Å²) in [4.78, 5) is 2.44. The molecule has 0 saturated carbocycles. The number of aliphatic hydroxyl groups excluding tert-OH is 1. The predicted octanol–water partition coefficient (Wildman–Crippen LogP) is 1.75. The zero-order valence-corrected chi connectivity index (χ0v) is 15.0. The number of benzene rings is 1. The molecule has 3 heterocycles. The summed E-state index contributed by atoms with van der Waals surface area (Å²) in [5.74, 6) is 0.209. The lowest BCUT2D eigenvalue weighted by atomic mass is 9.94. The van der Waals surface area contributed by atoms with Crippen molar-refractivity contribution in [3.05, 3.63) is 53.1 Å². The summed E-state index contributed by atoms with van der Waals surface area (Å²) in [6.45, 7) is 6.45. The number of aromatic nitrogens is 2. The van der Waals surface area contributed by atoms with Gasteiger partial charge in [-0.3, -0.25) is 15.0 Å². The maximum atomic E-state index is 13.2. The SMILES string of the molecule is CCC(O)c1cc2n(n1)CCN(CC1CNNC1c1ccc(F)cc1)C2. The van der Waals surface area contributed by atoms with Crippen LogP contribution in [0.3, 0.4) is 0 Å². The molecule has 1 fully saturated rings. The molecule has 3 N–H and O–H groups in total. The van der Waals surface area contributed by atoms with Crippen LogP contribution in [0.5, 0.6) is 0 Å². The Labute approximate surface area is 153 Å². The van der Waals surface area contributed by atoms with Gasteiger partial charge in [0.05, 0.1) is 30.1 Å². The van der Waals surface area contributed by atoms with Crippen LogP contribution in [0, 0.1) is 11.7 Å². The Hall–Kier alpha value is -1.80. The van der Waals surface area contributed by atoms with Gasteiger partial charge in [-0.15, -0.1) is 0 Å². The molecule has 0 amide bonds. The summed E-state index contributed by atoms with van der Waals surface area (Å²) in [6.07, 6.45) is 0.200. The van der Waals surface area contributed by atoms with Crippen LogP contribution in [0.25, 0.3) is 0 Å². The number of rotatable bonds is 5. The van der Waals surface area contributed by atoms with Crippen LogP contribution in [0.1, 0.15) is 42.4 Å². The van der Waals surface area contributed by atoms with Crippen molar-refractivity contribution in [2.45, 2.75) is 38.6 Å². The van der Waals surface area contributed by atoms with E-state index in [0.29, 0.717) is 12.3 Å². The molecule has 0 radical (unpaired) electrons. The van der Waals surface area contributed by atoms with E-state index in [-0.39, 0.29) is 11.9 Å². The lowest BCUT2D eigenvalue weighted by Gasteiger charge is -2.31. The Morgan fingerprint density at radius 1 is 1.31 bits per heavy atom. The van der Waals surface area contributed by atoms with Crippen LogP contribution >= 0.6 is 0 Å². The number of hydrogen-bond donors (Lipinski definition) is 3. The number of fused-ring (bicyclic) bond motifs is 1. The van der Waals surface area contributed by atoms with Gasteiger partial charge in [-0.05, 0) is 30.2 Å². The average Bonchev–Trinajstić information content (AvgIpc) is 3.28. The van der Waals surface area contributed by atoms with Crippen LogP contribution in [-0.2, 0) is 13.1 Å². The largest absolute Gasteiger partial charge is 0.387 e. The van der Waals surface area contributed by atoms with Crippen molar-refractivity contribution in [3.63, 3.8) is 0 Å². The van der Waals surface area contributed by atoms with Gasteiger partial charge in [0.2, 0.25) is 0 Å². The number of halogens is 1. The van der Waals surface area contributed by atoms with E-state index >= 15 is 0 Å². The molecule has 0 aliphatic carbocycles. The van der Waals surface area contributed by atoms with Gasteiger partial charge >= 0.3 is 0 Å². The molecule has 6 nitrogen and oxygen atoms in total.